The summed E-state index contributed by atoms with van der Waals surface area (Å²) in [5.74, 6) is 0.309. The highest BCUT2D eigenvalue weighted by molar-refractivity contribution is 8.18. The molecule has 1 saturated heterocycles. The van der Waals surface area contributed by atoms with Gasteiger partial charge in [-0.25, -0.2) is 4.79 Å². The minimum absolute atomic E-state index is 0.203. The molecule has 0 aliphatic carbocycles. The number of esters is 1. The van der Waals surface area contributed by atoms with E-state index < -0.39 is 11.9 Å². The number of amidine groups is 1. The topological polar surface area (TPSA) is 98.6 Å². The van der Waals surface area contributed by atoms with Gasteiger partial charge in [-0.05, 0) is 35.5 Å². The summed E-state index contributed by atoms with van der Waals surface area (Å²) in [5.41, 5.74) is 0.776. The lowest BCUT2D eigenvalue weighted by atomic mass is 10.2. The van der Waals surface area contributed by atoms with Crippen molar-refractivity contribution in [3.05, 3.63) is 34.7 Å². The van der Waals surface area contributed by atoms with Gasteiger partial charge in [0.1, 0.15) is 0 Å². The van der Waals surface area contributed by atoms with E-state index in [-0.39, 0.29) is 16.9 Å². The van der Waals surface area contributed by atoms with Gasteiger partial charge in [-0.2, -0.15) is 5.10 Å². The molecule has 9 heteroatoms. The second-order valence-electron chi connectivity index (χ2n) is 4.35. The van der Waals surface area contributed by atoms with Crippen molar-refractivity contribution in [3.63, 3.8) is 0 Å². The van der Waals surface area contributed by atoms with Crippen LogP contribution in [-0.4, -0.2) is 37.2 Å². The fourth-order valence-electron chi connectivity index (χ4n) is 1.78. The van der Waals surface area contributed by atoms with Gasteiger partial charge in [-0.3, -0.25) is 10.1 Å². The van der Waals surface area contributed by atoms with Crippen LogP contribution in [-0.2, 0) is 14.3 Å². The van der Waals surface area contributed by atoms with Crippen LogP contribution in [0.4, 0.5) is 0 Å². The molecule has 0 aromatic heterocycles. The lowest BCUT2D eigenvalue weighted by Gasteiger charge is -1.96. The van der Waals surface area contributed by atoms with E-state index in [2.05, 4.69) is 20.3 Å². The average molecular weight is 333 g/mol. The third-order valence-electron chi connectivity index (χ3n) is 2.85. The molecule has 1 fully saturated rings. The first kappa shape index (κ1) is 15.1. The molecule has 0 bridgehead atoms. The van der Waals surface area contributed by atoms with Crippen molar-refractivity contribution in [1.29, 1.82) is 0 Å². The molecule has 0 unspecified atom stereocenters. The van der Waals surface area contributed by atoms with Crippen LogP contribution in [0.3, 0.4) is 0 Å². The molecule has 8 nitrogen and oxygen atoms in total. The maximum atomic E-state index is 11.6. The van der Waals surface area contributed by atoms with Gasteiger partial charge in [-0.15, -0.1) is 5.10 Å². The first-order valence-electron chi connectivity index (χ1n) is 6.45. The molecule has 1 amide bonds. The summed E-state index contributed by atoms with van der Waals surface area (Å²) in [6.45, 7) is 0.205. The Kier molecular flexibility index (Phi) is 4.29. The minimum Gasteiger partial charge on any atom is -0.466 e. The van der Waals surface area contributed by atoms with Gasteiger partial charge in [0.15, 0.2) is 16.7 Å². The SMILES string of the molecule is COC(=O)/C=C1\SC(=NN=Cc2ccc3c(c2)OCO3)NC1=O. The molecule has 2 aliphatic rings. The molecule has 118 valence electrons. The normalized spacial score (nSPS) is 19.6. The van der Waals surface area contributed by atoms with Crippen LogP contribution >= 0.6 is 11.8 Å². The number of rotatable bonds is 3. The molecule has 0 atom stereocenters. The highest BCUT2D eigenvalue weighted by Crippen LogP contribution is 2.32. The van der Waals surface area contributed by atoms with Gasteiger partial charge in [0.2, 0.25) is 6.79 Å². The number of ether oxygens (including phenoxy) is 3. The van der Waals surface area contributed by atoms with Crippen LogP contribution < -0.4 is 14.8 Å². The van der Waals surface area contributed by atoms with Crippen molar-refractivity contribution in [3.8, 4) is 11.5 Å². The molecule has 2 aliphatic heterocycles. The predicted molar refractivity (Wildman–Crippen MR) is 83.4 cm³/mol. The van der Waals surface area contributed by atoms with Gasteiger partial charge in [0.25, 0.3) is 5.91 Å². The van der Waals surface area contributed by atoms with Crippen molar-refractivity contribution in [2.45, 2.75) is 0 Å². The first-order chi connectivity index (χ1) is 11.2. The third-order valence-corrected chi connectivity index (χ3v) is 3.75. The Morgan fingerprint density at radius 1 is 1.39 bits per heavy atom. The molecule has 1 aromatic rings. The number of hydrogen-bond donors (Lipinski definition) is 1. The number of fused-ring (bicyclic) bond motifs is 1. The number of nitrogens with one attached hydrogen (secondary N) is 1. The number of methoxy groups -OCH3 is 1. The van der Waals surface area contributed by atoms with Crippen molar-refractivity contribution >= 4 is 35.0 Å². The van der Waals surface area contributed by atoms with Gasteiger partial charge in [-0.1, -0.05) is 0 Å². The smallest absolute Gasteiger partial charge is 0.331 e. The Labute approximate surface area is 135 Å². The number of carbonyl (C=O) groups is 2. The molecule has 0 spiro atoms. The van der Waals surface area contributed by atoms with Crippen LogP contribution in [0.5, 0.6) is 11.5 Å². The largest absolute Gasteiger partial charge is 0.466 e. The van der Waals surface area contributed by atoms with Crippen molar-refractivity contribution in [2.75, 3.05) is 13.9 Å². The maximum absolute atomic E-state index is 11.6. The summed E-state index contributed by atoms with van der Waals surface area (Å²) in [6.07, 6.45) is 2.62. The van der Waals surface area contributed by atoms with Crippen LogP contribution in [0.15, 0.2) is 39.4 Å². The van der Waals surface area contributed by atoms with Gasteiger partial charge < -0.3 is 14.2 Å². The zero-order valence-electron chi connectivity index (χ0n) is 11.9. The third kappa shape index (κ3) is 3.51. The molecule has 2 heterocycles. The van der Waals surface area contributed by atoms with E-state index in [9.17, 15) is 9.59 Å². The zero-order chi connectivity index (χ0) is 16.2. The van der Waals surface area contributed by atoms with E-state index in [0.29, 0.717) is 11.5 Å². The van der Waals surface area contributed by atoms with Crippen molar-refractivity contribution < 1.29 is 23.8 Å². The molecule has 1 aromatic carbocycles. The van der Waals surface area contributed by atoms with Gasteiger partial charge in [0.05, 0.1) is 18.2 Å². The molecule has 0 radical (unpaired) electrons. The summed E-state index contributed by atoms with van der Waals surface area (Å²) in [6, 6.07) is 5.36. The number of benzene rings is 1. The monoisotopic (exact) mass is 333 g/mol. The van der Waals surface area contributed by atoms with E-state index in [0.717, 1.165) is 23.4 Å². The Morgan fingerprint density at radius 3 is 3.04 bits per heavy atom. The zero-order valence-corrected chi connectivity index (χ0v) is 12.8. The summed E-state index contributed by atoms with van der Waals surface area (Å²) in [4.78, 5) is 23.0. The summed E-state index contributed by atoms with van der Waals surface area (Å²) >= 11 is 1.01. The fourth-order valence-corrected chi connectivity index (χ4v) is 2.52. The highest BCUT2D eigenvalue weighted by atomic mass is 32.2. The Hall–Kier alpha value is -2.81. The Bertz CT molecular complexity index is 757. The highest BCUT2D eigenvalue weighted by Gasteiger charge is 2.25. The van der Waals surface area contributed by atoms with E-state index in [1.807, 2.05) is 0 Å². The molecular formula is C14H11N3O5S. The van der Waals surface area contributed by atoms with Crippen LogP contribution in [0.2, 0.25) is 0 Å². The summed E-state index contributed by atoms with van der Waals surface area (Å²) in [5, 5.41) is 10.6. The molecule has 0 saturated carbocycles. The quantitative estimate of drug-likeness (QED) is 0.384. The number of thioether (sulfide) groups is 1. The fraction of sp³-hybridized carbons (Fsp3) is 0.143. The van der Waals surface area contributed by atoms with Crippen LogP contribution in [0, 0.1) is 0 Å². The Balaban J connectivity index is 1.67. The predicted octanol–water partition coefficient (Wildman–Crippen LogP) is 1.03. The summed E-state index contributed by atoms with van der Waals surface area (Å²) in [7, 11) is 1.24. The number of nitrogens with zero attached hydrogens (tertiary/aromatic N) is 2. The van der Waals surface area contributed by atoms with E-state index in [1.165, 1.54) is 13.3 Å². The lowest BCUT2D eigenvalue weighted by Crippen LogP contribution is -2.19. The lowest BCUT2D eigenvalue weighted by molar-refractivity contribution is -0.135. The standard InChI is InChI=1S/C14H11N3O5S/c1-20-12(18)5-11-13(19)16-14(23-11)17-15-6-8-2-3-9-10(4-8)22-7-21-9/h2-6H,7H2,1H3,(H,16,17,19)/b11-5-,15-6?. The summed E-state index contributed by atoms with van der Waals surface area (Å²) < 4.78 is 14.9. The molecule has 3 rings (SSSR count). The molecule has 1 N–H and O–H groups in total. The van der Waals surface area contributed by atoms with Crippen molar-refractivity contribution in [1.82, 2.24) is 5.32 Å². The number of carbonyl (C=O) groups excluding carboxylic acids is 2. The van der Waals surface area contributed by atoms with Crippen LogP contribution in [0.1, 0.15) is 5.56 Å². The van der Waals surface area contributed by atoms with E-state index in [4.69, 9.17) is 9.47 Å². The molecular weight excluding hydrogens is 322 g/mol. The van der Waals surface area contributed by atoms with Crippen molar-refractivity contribution in [2.24, 2.45) is 10.2 Å². The maximum Gasteiger partial charge on any atom is 0.331 e. The van der Waals surface area contributed by atoms with Gasteiger partial charge in [0, 0.05) is 6.08 Å². The van der Waals surface area contributed by atoms with Gasteiger partial charge >= 0.3 is 5.97 Å². The minimum atomic E-state index is -0.604. The first-order valence-corrected chi connectivity index (χ1v) is 7.27. The second-order valence-corrected chi connectivity index (χ2v) is 5.38. The second kappa shape index (κ2) is 6.53. The number of hydrogen-bond acceptors (Lipinski definition) is 8. The van der Waals surface area contributed by atoms with E-state index in [1.54, 1.807) is 18.2 Å². The number of amides is 1. The average Bonchev–Trinajstić information content (AvgIpc) is 3.14. The molecule has 23 heavy (non-hydrogen) atoms. The van der Waals surface area contributed by atoms with E-state index >= 15 is 0 Å². The van der Waals surface area contributed by atoms with Crippen LogP contribution in [0.25, 0.3) is 0 Å². The Morgan fingerprint density at radius 2 is 2.22 bits per heavy atom.